The zero-order valence-electron chi connectivity index (χ0n) is 9.97. The minimum atomic E-state index is -0.673. The van der Waals surface area contributed by atoms with Gasteiger partial charge in [0.05, 0.1) is 0 Å². The number of thiophene rings is 1. The Labute approximate surface area is 105 Å². The van der Waals surface area contributed by atoms with E-state index >= 15 is 0 Å². The highest BCUT2D eigenvalue weighted by Crippen LogP contribution is 2.31. The quantitative estimate of drug-likeness (QED) is 0.878. The molecule has 2 aromatic heterocycles. The van der Waals surface area contributed by atoms with E-state index in [0.29, 0.717) is 11.4 Å². The van der Waals surface area contributed by atoms with Crippen LogP contribution in [0.4, 0.5) is 5.82 Å². The summed E-state index contributed by atoms with van der Waals surface area (Å²) >= 11 is 1.62. The molecule has 2 rings (SSSR count). The standard InChI is InChI=1S/C13H16N2OS/c1-3-9-4-5-11(17-9)12(16)10-6-8(2)7-15-13(10)14/h4-7,12,16H,3H2,1-2H3,(H2,14,15). The van der Waals surface area contributed by atoms with E-state index in [1.807, 2.05) is 25.1 Å². The van der Waals surface area contributed by atoms with Crippen molar-refractivity contribution in [2.45, 2.75) is 26.4 Å². The van der Waals surface area contributed by atoms with Crippen molar-refractivity contribution >= 4 is 17.2 Å². The molecule has 0 saturated carbocycles. The van der Waals surface area contributed by atoms with E-state index in [1.54, 1.807) is 17.5 Å². The Balaban J connectivity index is 2.35. The van der Waals surface area contributed by atoms with Gasteiger partial charge in [-0.2, -0.15) is 0 Å². The molecule has 1 unspecified atom stereocenters. The lowest BCUT2D eigenvalue weighted by atomic mass is 10.1. The van der Waals surface area contributed by atoms with Crippen LogP contribution in [0, 0.1) is 6.92 Å². The first-order chi connectivity index (χ1) is 8.11. The van der Waals surface area contributed by atoms with Gasteiger partial charge in [-0.05, 0) is 37.1 Å². The van der Waals surface area contributed by atoms with E-state index < -0.39 is 6.10 Å². The highest BCUT2D eigenvalue weighted by atomic mass is 32.1. The van der Waals surface area contributed by atoms with Crippen LogP contribution in [0.25, 0.3) is 0 Å². The van der Waals surface area contributed by atoms with Crippen LogP contribution < -0.4 is 5.73 Å². The molecular weight excluding hydrogens is 232 g/mol. The summed E-state index contributed by atoms with van der Waals surface area (Å²) in [6, 6.07) is 5.89. The Morgan fingerprint density at radius 1 is 1.47 bits per heavy atom. The van der Waals surface area contributed by atoms with Crippen LogP contribution in [0.5, 0.6) is 0 Å². The number of nitrogen functional groups attached to an aromatic ring is 1. The highest BCUT2D eigenvalue weighted by molar-refractivity contribution is 7.12. The molecule has 17 heavy (non-hydrogen) atoms. The van der Waals surface area contributed by atoms with Gasteiger partial charge < -0.3 is 10.8 Å². The number of hydrogen-bond donors (Lipinski definition) is 2. The van der Waals surface area contributed by atoms with Gasteiger partial charge in [0.25, 0.3) is 0 Å². The molecular formula is C13H16N2OS. The molecule has 0 amide bonds. The van der Waals surface area contributed by atoms with Crippen LogP contribution in [-0.2, 0) is 6.42 Å². The third kappa shape index (κ3) is 2.48. The minimum Gasteiger partial charge on any atom is -0.383 e. The van der Waals surface area contributed by atoms with Gasteiger partial charge in [-0.15, -0.1) is 11.3 Å². The van der Waals surface area contributed by atoms with Gasteiger partial charge in [0.1, 0.15) is 11.9 Å². The molecule has 0 fully saturated rings. The molecule has 3 nitrogen and oxygen atoms in total. The number of aromatic nitrogens is 1. The van der Waals surface area contributed by atoms with E-state index in [-0.39, 0.29) is 0 Å². The van der Waals surface area contributed by atoms with Crippen molar-refractivity contribution in [1.82, 2.24) is 4.98 Å². The van der Waals surface area contributed by atoms with E-state index in [1.165, 1.54) is 4.88 Å². The first-order valence-corrected chi connectivity index (χ1v) is 6.42. The van der Waals surface area contributed by atoms with E-state index in [2.05, 4.69) is 11.9 Å². The number of pyridine rings is 1. The molecule has 4 heteroatoms. The monoisotopic (exact) mass is 248 g/mol. The second kappa shape index (κ2) is 4.85. The Morgan fingerprint density at radius 3 is 2.88 bits per heavy atom. The van der Waals surface area contributed by atoms with Crippen LogP contribution in [0.1, 0.15) is 33.9 Å². The summed E-state index contributed by atoms with van der Waals surface area (Å²) in [6.07, 6.45) is 2.02. The Bertz CT molecular complexity index is 522. The molecule has 0 saturated heterocycles. The van der Waals surface area contributed by atoms with Gasteiger partial charge in [-0.1, -0.05) is 6.92 Å². The lowest BCUT2D eigenvalue weighted by Crippen LogP contribution is -2.04. The van der Waals surface area contributed by atoms with Gasteiger partial charge in [-0.3, -0.25) is 0 Å². The van der Waals surface area contributed by atoms with Crippen LogP contribution in [0.15, 0.2) is 24.4 Å². The normalized spacial score (nSPS) is 12.6. The number of aliphatic hydroxyl groups excluding tert-OH is 1. The molecule has 0 bridgehead atoms. The summed E-state index contributed by atoms with van der Waals surface area (Å²) in [7, 11) is 0. The van der Waals surface area contributed by atoms with Crippen molar-refractivity contribution in [3.8, 4) is 0 Å². The molecule has 1 atom stereocenters. The van der Waals surface area contributed by atoms with Crippen LogP contribution in [0.2, 0.25) is 0 Å². The minimum absolute atomic E-state index is 0.398. The third-order valence-electron chi connectivity index (χ3n) is 2.68. The second-order valence-corrected chi connectivity index (χ2v) is 5.25. The summed E-state index contributed by atoms with van der Waals surface area (Å²) in [4.78, 5) is 6.25. The summed E-state index contributed by atoms with van der Waals surface area (Å²) in [5.41, 5.74) is 7.49. The first kappa shape index (κ1) is 12.1. The van der Waals surface area contributed by atoms with Crippen LogP contribution >= 0.6 is 11.3 Å². The summed E-state index contributed by atoms with van der Waals surface area (Å²) in [6.45, 7) is 4.04. The molecule has 0 aliphatic carbocycles. The number of nitrogens with zero attached hydrogens (tertiary/aromatic N) is 1. The van der Waals surface area contributed by atoms with Crippen molar-refractivity contribution in [3.63, 3.8) is 0 Å². The SMILES string of the molecule is CCc1ccc(C(O)c2cc(C)cnc2N)s1. The number of anilines is 1. The van der Waals surface area contributed by atoms with Crippen molar-refractivity contribution in [3.05, 3.63) is 45.3 Å². The van der Waals surface area contributed by atoms with Crippen LogP contribution in [-0.4, -0.2) is 10.1 Å². The van der Waals surface area contributed by atoms with Crippen molar-refractivity contribution in [2.75, 3.05) is 5.73 Å². The van der Waals surface area contributed by atoms with E-state index in [9.17, 15) is 5.11 Å². The molecule has 0 aliphatic rings. The molecule has 2 aromatic rings. The lowest BCUT2D eigenvalue weighted by Gasteiger charge is -2.11. The number of aliphatic hydroxyl groups is 1. The molecule has 0 spiro atoms. The Morgan fingerprint density at radius 2 is 2.24 bits per heavy atom. The second-order valence-electron chi connectivity index (χ2n) is 4.05. The smallest absolute Gasteiger partial charge is 0.129 e. The van der Waals surface area contributed by atoms with Gasteiger partial charge in [0.2, 0.25) is 0 Å². The molecule has 90 valence electrons. The topological polar surface area (TPSA) is 59.1 Å². The molecule has 2 heterocycles. The molecule has 0 radical (unpaired) electrons. The van der Waals surface area contributed by atoms with Gasteiger partial charge in [-0.25, -0.2) is 4.98 Å². The van der Waals surface area contributed by atoms with E-state index in [0.717, 1.165) is 16.9 Å². The maximum absolute atomic E-state index is 10.3. The zero-order chi connectivity index (χ0) is 12.4. The lowest BCUT2D eigenvalue weighted by molar-refractivity contribution is 0.224. The van der Waals surface area contributed by atoms with Gasteiger partial charge in [0.15, 0.2) is 0 Å². The highest BCUT2D eigenvalue weighted by Gasteiger charge is 2.16. The Hall–Kier alpha value is -1.39. The molecule has 0 aliphatic heterocycles. The maximum atomic E-state index is 10.3. The van der Waals surface area contributed by atoms with Gasteiger partial charge in [0, 0.05) is 21.5 Å². The fraction of sp³-hybridized carbons (Fsp3) is 0.308. The maximum Gasteiger partial charge on any atom is 0.129 e. The number of aryl methyl sites for hydroxylation is 2. The number of hydrogen-bond acceptors (Lipinski definition) is 4. The fourth-order valence-corrected chi connectivity index (χ4v) is 2.66. The average Bonchev–Trinajstić information content (AvgIpc) is 2.80. The Kier molecular flexibility index (Phi) is 3.45. The largest absolute Gasteiger partial charge is 0.383 e. The van der Waals surface area contributed by atoms with Crippen molar-refractivity contribution < 1.29 is 5.11 Å². The first-order valence-electron chi connectivity index (χ1n) is 5.60. The predicted octanol–water partition coefficient (Wildman–Crippen LogP) is 2.68. The zero-order valence-corrected chi connectivity index (χ0v) is 10.8. The van der Waals surface area contributed by atoms with Crippen molar-refractivity contribution in [2.24, 2.45) is 0 Å². The summed E-state index contributed by atoms with van der Waals surface area (Å²) in [5.74, 6) is 0.398. The molecule has 0 aromatic carbocycles. The third-order valence-corrected chi connectivity index (χ3v) is 3.96. The molecule has 3 N–H and O–H groups in total. The van der Waals surface area contributed by atoms with Crippen LogP contribution in [0.3, 0.4) is 0 Å². The fourth-order valence-electron chi connectivity index (χ4n) is 1.71. The van der Waals surface area contributed by atoms with Crippen molar-refractivity contribution in [1.29, 1.82) is 0 Å². The average molecular weight is 248 g/mol. The summed E-state index contributed by atoms with van der Waals surface area (Å²) < 4.78 is 0. The van der Waals surface area contributed by atoms with E-state index in [4.69, 9.17) is 5.73 Å². The van der Waals surface area contributed by atoms with Gasteiger partial charge >= 0.3 is 0 Å². The summed E-state index contributed by atoms with van der Waals surface area (Å²) in [5, 5.41) is 10.3. The predicted molar refractivity (Wildman–Crippen MR) is 71.1 cm³/mol. The number of nitrogens with two attached hydrogens (primary N) is 1. The number of rotatable bonds is 3.